The van der Waals surface area contributed by atoms with Crippen LogP contribution in [0.3, 0.4) is 0 Å². The molecule has 9 heavy (non-hydrogen) atoms. The smallest absolute Gasteiger partial charge is 0.0188 e. The highest BCUT2D eigenvalue weighted by atomic mass is 127. The molecule has 0 unspecified atom stereocenters. The van der Waals surface area contributed by atoms with Crippen molar-refractivity contribution in [2.24, 2.45) is 0 Å². The average molecular weight is 297 g/mol. The first kappa shape index (κ1) is 7.54. The molecule has 2 heteroatoms. The summed E-state index contributed by atoms with van der Waals surface area (Å²) in [6, 6.07) is 6.33. The average Bonchev–Trinajstić information content (AvgIpc) is 1.59. The molecule has 0 radical (unpaired) electrons. The fourth-order valence-corrected chi connectivity index (χ4v) is 2.55. The van der Waals surface area contributed by atoms with Crippen molar-refractivity contribution >= 4 is 38.5 Å². The van der Waals surface area contributed by atoms with E-state index in [4.69, 9.17) is 0 Å². The van der Waals surface area contributed by atoms with Crippen LogP contribution in [0.2, 0.25) is 0 Å². The number of benzene rings is 1. The Hall–Kier alpha value is 0.430. The lowest BCUT2D eigenvalue weighted by molar-refractivity contribution is 1.43. The molecule has 1 aromatic carbocycles. The van der Waals surface area contributed by atoms with Crippen LogP contribution in [-0.2, 0) is 0 Å². The van der Waals surface area contributed by atoms with Gasteiger partial charge >= 0.3 is 0 Å². The monoisotopic (exact) mass is 296 g/mol. The molecule has 1 aromatic rings. The Morgan fingerprint density at radius 3 is 2.44 bits per heavy atom. The molecule has 0 N–H and O–H groups in total. The van der Waals surface area contributed by atoms with Crippen molar-refractivity contribution in [3.8, 4) is 0 Å². The van der Waals surface area contributed by atoms with E-state index in [0.717, 1.165) is 4.47 Å². The van der Waals surface area contributed by atoms with Crippen molar-refractivity contribution in [2.75, 3.05) is 0 Å². The van der Waals surface area contributed by atoms with Gasteiger partial charge in [0.25, 0.3) is 0 Å². The van der Waals surface area contributed by atoms with Crippen molar-refractivity contribution < 1.29 is 0 Å². The molecule has 0 aromatic heterocycles. The number of halogens is 2. The molecular weight excluding hydrogens is 291 g/mol. The fourth-order valence-electron chi connectivity index (χ4n) is 0.692. The highest BCUT2D eigenvalue weighted by Crippen LogP contribution is 2.16. The van der Waals surface area contributed by atoms with E-state index in [1.165, 1.54) is 9.13 Å². The van der Waals surface area contributed by atoms with Crippen molar-refractivity contribution in [1.82, 2.24) is 0 Å². The fraction of sp³-hybridized carbons (Fsp3) is 0.143. The van der Waals surface area contributed by atoms with E-state index in [-0.39, 0.29) is 0 Å². The van der Waals surface area contributed by atoms with E-state index in [1.54, 1.807) is 0 Å². The van der Waals surface area contributed by atoms with Gasteiger partial charge in [-0.1, -0.05) is 15.9 Å². The van der Waals surface area contributed by atoms with Crippen LogP contribution in [0, 0.1) is 10.5 Å². The van der Waals surface area contributed by atoms with Gasteiger partial charge in [0, 0.05) is 8.04 Å². The topological polar surface area (TPSA) is 0 Å². The third-order valence-corrected chi connectivity index (χ3v) is 2.09. The number of rotatable bonds is 0. The summed E-state index contributed by atoms with van der Waals surface area (Å²) in [6.45, 7) is 2.09. The van der Waals surface area contributed by atoms with Crippen molar-refractivity contribution in [3.63, 3.8) is 0 Å². The quantitative estimate of drug-likeness (QED) is 0.644. The first-order chi connectivity index (χ1) is 4.18. The van der Waals surface area contributed by atoms with Crippen LogP contribution in [0.4, 0.5) is 0 Å². The van der Waals surface area contributed by atoms with Gasteiger partial charge in [0.15, 0.2) is 0 Å². The molecule has 0 heterocycles. The lowest BCUT2D eigenvalue weighted by Gasteiger charge is -1.94. The number of hydrogen-bond acceptors (Lipinski definition) is 0. The summed E-state index contributed by atoms with van der Waals surface area (Å²) < 4.78 is 2.44. The van der Waals surface area contributed by atoms with Gasteiger partial charge in [-0.2, -0.15) is 0 Å². The van der Waals surface area contributed by atoms with E-state index < -0.39 is 0 Å². The molecule has 0 saturated carbocycles. The molecule has 0 spiro atoms. The minimum atomic E-state index is 1.16. The summed E-state index contributed by atoms with van der Waals surface area (Å²) in [6.07, 6.45) is 0. The molecule has 0 amide bonds. The third kappa shape index (κ3) is 2.26. The highest BCUT2D eigenvalue weighted by Gasteiger charge is 1.90. The Balaban J connectivity index is 3.17. The maximum Gasteiger partial charge on any atom is 0.0188 e. The molecule has 0 nitrogen and oxygen atoms in total. The molecule has 0 aliphatic carbocycles. The predicted molar refractivity (Wildman–Crippen MR) is 51.6 cm³/mol. The van der Waals surface area contributed by atoms with E-state index in [2.05, 4.69) is 63.6 Å². The van der Waals surface area contributed by atoms with Crippen molar-refractivity contribution in [1.29, 1.82) is 0 Å². The van der Waals surface area contributed by atoms with Gasteiger partial charge in [-0.25, -0.2) is 0 Å². The van der Waals surface area contributed by atoms with Crippen molar-refractivity contribution in [3.05, 3.63) is 31.8 Å². The van der Waals surface area contributed by atoms with Crippen LogP contribution >= 0.6 is 38.5 Å². The maximum atomic E-state index is 3.41. The normalized spacial score (nSPS) is 9.67. The largest absolute Gasteiger partial charge is 0.0508 e. The first-order valence-electron chi connectivity index (χ1n) is 2.61. The van der Waals surface area contributed by atoms with Crippen LogP contribution in [-0.4, -0.2) is 0 Å². The minimum absolute atomic E-state index is 1.16. The van der Waals surface area contributed by atoms with Crippen LogP contribution in [0.15, 0.2) is 22.7 Å². The Labute approximate surface area is 76.9 Å². The standard InChI is InChI=1S/C7H6BrI/c1-5-2-6(8)4-7(9)3-5/h2-4H,1H3. The van der Waals surface area contributed by atoms with E-state index in [1.807, 2.05) is 0 Å². The second-order valence-electron chi connectivity index (χ2n) is 1.95. The van der Waals surface area contributed by atoms with Crippen LogP contribution in [0.1, 0.15) is 5.56 Å². The lowest BCUT2D eigenvalue weighted by Crippen LogP contribution is -1.74. The first-order valence-corrected chi connectivity index (χ1v) is 4.48. The van der Waals surface area contributed by atoms with Crippen LogP contribution in [0.5, 0.6) is 0 Å². The molecule has 0 aliphatic rings. The summed E-state index contributed by atoms with van der Waals surface area (Å²) in [5.41, 5.74) is 1.30. The SMILES string of the molecule is Cc1cc(Br)cc(I)c1. The second-order valence-corrected chi connectivity index (χ2v) is 4.11. The highest BCUT2D eigenvalue weighted by molar-refractivity contribution is 14.1. The Bertz CT molecular complexity index is 170. The maximum absolute atomic E-state index is 3.41. The van der Waals surface area contributed by atoms with Gasteiger partial charge in [-0.05, 0) is 53.3 Å². The summed E-state index contributed by atoms with van der Waals surface area (Å²) in [5, 5.41) is 0. The Morgan fingerprint density at radius 2 is 2.00 bits per heavy atom. The molecule has 0 bridgehead atoms. The molecule has 0 aliphatic heterocycles. The van der Waals surface area contributed by atoms with E-state index in [0.29, 0.717) is 0 Å². The Kier molecular flexibility index (Phi) is 2.52. The van der Waals surface area contributed by atoms with Gasteiger partial charge in [0.2, 0.25) is 0 Å². The zero-order chi connectivity index (χ0) is 6.85. The second kappa shape index (κ2) is 3.01. The molecule has 48 valence electrons. The predicted octanol–water partition coefficient (Wildman–Crippen LogP) is 3.36. The van der Waals surface area contributed by atoms with Gasteiger partial charge in [0.05, 0.1) is 0 Å². The molecule has 0 atom stereocenters. The zero-order valence-electron chi connectivity index (χ0n) is 4.99. The Morgan fingerprint density at radius 1 is 1.33 bits per heavy atom. The van der Waals surface area contributed by atoms with Gasteiger partial charge in [-0.15, -0.1) is 0 Å². The third-order valence-electron chi connectivity index (χ3n) is 1.01. The lowest BCUT2D eigenvalue weighted by atomic mass is 10.2. The summed E-state index contributed by atoms with van der Waals surface area (Å²) in [5.74, 6) is 0. The number of hydrogen-bond donors (Lipinski definition) is 0. The zero-order valence-corrected chi connectivity index (χ0v) is 8.73. The van der Waals surface area contributed by atoms with E-state index in [9.17, 15) is 0 Å². The van der Waals surface area contributed by atoms with Gasteiger partial charge in [-0.3, -0.25) is 0 Å². The molecule has 0 saturated heterocycles. The summed E-state index contributed by atoms with van der Waals surface area (Å²) in [7, 11) is 0. The van der Waals surface area contributed by atoms with Crippen LogP contribution in [0.25, 0.3) is 0 Å². The van der Waals surface area contributed by atoms with E-state index >= 15 is 0 Å². The summed E-state index contributed by atoms with van der Waals surface area (Å²) in [4.78, 5) is 0. The number of aryl methyl sites for hydroxylation is 1. The molecular formula is C7H6BrI. The molecule has 0 fully saturated rings. The van der Waals surface area contributed by atoms with Gasteiger partial charge in [0.1, 0.15) is 0 Å². The summed E-state index contributed by atoms with van der Waals surface area (Å²) >= 11 is 5.71. The molecule has 1 rings (SSSR count). The van der Waals surface area contributed by atoms with Gasteiger partial charge < -0.3 is 0 Å². The van der Waals surface area contributed by atoms with Crippen molar-refractivity contribution in [2.45, 2.75) is 6.92 Å². The van der Waals surface area contributed by atoms with Crippen LogP contribution < -0.4 is 0 Å². The minimum Gasteiger partial charge on any atom is -0.0508 e.